The first-order valence-electron chi connectivity index (χ1n) is 13.9. The highest BCUT2D eigenvalue weighted by molar-refractivity contribution is 7.89. The molecule has 0 aliphatic carbocycles. The zero-order valence-electron chi connectivity index (χ0n) is 23.5. The molecule has 9 nitrogen and oxygen atoms in total. The predicted octanol–water partition coefficient (Wildman–Crippen LogP) is 4.08. The fraction of sp³-hybridized carbons (Fsp3) is 0.517. The number of carbonyl (C=O) groups excluding carboxylic acids is 1. The Hall–Kier alpha value is -2.41. The molecule has 1 unspecified atom stereocenters. The molecular weight excluding hydrogens is 548 g/mol. The summed E-state index contributed by atoms with van der Waals surface area (Å²) in [6.07, 6.45) is 2.53. The van der Waals surface area contributed by atoms with Gasteiger partial charge >= 0.3 is 0 Å². The molecule has 1 aromatic heterocycles. The molecule has 2 fully saturated rings. The highest BCUT2D eigenvalue weighted by Gasteiger charge is 2.27. The van der Waals surface area contributed by atoms with Crippen LogP contribution in [0.3, 0.4) is 0 Å². The Kier molecular flexibility index (Phi) is 9.18. The minimum atomic E-state index is -3.69. The summed E-state index contributed by atoms with van der Waals surface area (Å²) in [5.74, 6) is -0.189. The van der Waals surface area contributed by atoms with E-state index in [2.05, 4.69) is 30.9 Å². The molecule has 2 saturated heterocycles. The normalized spacial score (nSPS) is 18.6. The number of morpholine rings is 1. The van der Waals surface area contributed by atoms with E-state index in [0.717, 1.165) is 67.9 Å². The Balaban J connectivity index is 1.35. The van der Waals surface area contributed by atoms with Gasteiger partial charge < -0.3 is 9.47 Å². The topological polar surface area (TPSA) is 92.3 Å². The quantitative estimate of drug-likeness (QED) is 0.354. The number of benzene rings is 2. The molecule has 3 aromatic rings. The van der Waals surface area contributed by atoms with Crippen LogP contribution in [0.5, 0.6) is 0 Å². The summed E-state index contributed by atoms with van der Waals surface area (Å²) in [6, 6.07) is 10.4. The molecule has 0 saturated carbocycles. The number of rotatable bonds is 10. The lowest BCUT2D eigenvalue weighted by atomic mass is 10.1. The van der Waals surface area contributed by atoms with Gasteiger partial charge in [0.2, 0.25) is 10.0 Å². The minimum Gasteiger partial charge on any atom is -0.379 e. The molecule has 1 amide bonds. The maximum absolute atomic E-state index is 13.8. The van der Waals surface area contributed by atoms with Crippen molar-refractivity contribution in [3.8, 4) is 0 Å². The van der Waals surface area contributed by atoms with Gasteiger partial charge in [0.1, 0.15) is 0 Å². The summed E-state index contributed by atoms with van der Waals surface area (Å²) in [6.45, 7) is 9.76. The molecule has 11 heteroatoms. The zero-order valence-corrected chi connectivity index (χ0v) is 25.1. The van der Waals surface area contributed by atoms with Gasteiger partial charge in [0.15, 0.2) is 5.13 Å². The van der Waals surface area contributed by atoms with E-state index in [1.165, 1.54) is 33.3 Å². The number of anilines is 1. The average molecular weight is 587 g/mol. The van der Waals surface area contributed by atoms with Gasteiger partial charge in [-0.15, -0.1) is 0 Å². The monoisotopic (exact) mass is 586 g/mol. The van der Waals surface area contributed by atoms with Gasteiger partial charge in [-0.05, 0) is 80.6 Å². The fourth-order valence-electron chi connectivity index (χ4n) is 5.12. The van der Waals surface area contributed by atoms with Crippen LogP contribution in [-0.4, -0.2) is 94.2 Å². The number of thiazole rings is 1. The maximum atomic E-state index is 13.8. The van der Waals surface area contributed by atoms with E-state index >= 15 is 0 Å². The summed E-state index contributed by atoms with van der Waals surface area (Å²) in [5, 5.41) is 0.653. The van der Waals surface area contributed by atoms with Crippen molar-refractivity contribution in [3.63, 3.8) is 0 Å². The molecule has 3 heterocycles. The van der Waals surface area contributed by atoms with Crippen LogP contribution in [0.15, 0.2) is 41.3 Å². The van der Waals surface area contributed by atoms with Crippen molar-refractivity contribution in [1.29, 1.82) is 0 Å². The molecule has 2 aliphatic rings. The second-order valence-corrected chi connectivity index (χ2v) is 13.7. The van der Waals surface area contributed by atoms with Crippen LogP contribution >= 0.6 is 11.3 Å². The molecule has 0 N–H and O–H groups in total. The van der Waals surface area contributed by atoms with Gasteiger partial charge in [-0.1, -0.05) is 11.3 Å². The van der Waals surface area contributed by atoms with Crippen LogP contribution in [-0.2, 0) is 19.5 Å². The standard InChI is InChI=1S/C29H38N4O5S2/c1-21-18-26-27(19-22(21)2)39-29(30-26)33(12-5-11-32-13-16-37-17-14-32)28(34)23-7-9-25(10-8-23)40(35,36)31(3)20-24-6-4-15-38-24/h7-10,18-19,24H,4-6,11-17,20H2,1-3H3. The van der Waals surface area contributed by atoms with E-state index in [1.54, 1.807) is 24.1 Å². The van der Waals surface area contributed by atoms with E-state index < -0.39 is 10.0 Å². The lowest BCUT2D eigenvalue weighted by Crippen LogP contribution is -2.39. The Morgan fingerprint density at radius 2 is 1.82 bits per heavy atom. The van der Waals surface area contributed by atoms with Crippen molar-refractivity contribution < 1.29 is 22.7 Å². The maximum Gasteiger partial charge on any atom is 0.260 e. The number of amides is 1. The molecular formula is C29H38N4O5S2. The van der Waals surface area contributed by atoms with Crippen LogP contribution in [0, 0.1) is 13.8 Å². The summed E-state index contributed by atoms with van der Waals surface area (Å²) < 4.78 is 39.8. The van der Waals surface area contributed by atoms with E-state index in [-0.39, 0.29) is 16.9 Å². The third-order valence-electron chi connectivity index (χ3n) is 7.72. The number of aromatic nitrogens is 1. The Labute approximate surface area is 240 Å². The first kappa shape index (κ1) is 29.1. The number of hydrogen-bond acceptors (Lipinski definition) is 8. The second kappa shape index (κ2) is 12.6. The SMILES string of the molecule is Cc1cc2nc(N(CCCN3CCOCC3)C(=O)c3ccc(S(=O)(=O)N(C)CC4CCCO4)cc3)sc2cc1C. The molecule has 2 aromatic carbocycles. The summed E-state index contributed by atoms with van der Waals surface area (Å²) in [4.78, 5) is 22.9. The lowest BCUT2D eigenvalue weighted by Gasteiger charge is -2.27. The van der Waals surface area contributed by atoms with Gasteiger partial charge in [0.25, 0.3) is 5.91 Å². The smallest absolute Gasteiger partial charge is 0.260 e. The Bertz CT molecular complexity index is 1390. The third kappa shape index (κ3) is 6.56. The lowest BCUT2D eigenvalue weighted by molar-refractivity contribution is 0.0376. The number of fused-ring (bicyclic) bond motifs is 1. The van der Waals surface area contributed by atoms with Crippen molar-refractivity contribution in [2.45, 2.75) is 44.1 Å². The number of ether oxygens (including phenoxy) is 2. The van der Waals surface area contributed by atoms with Gasteiger partial charge in [-0.25, -0.2) is 13.4 Å². The van der Waals surface area contributed by atoms with Gasteiger partial charge in [-0.3, -0.25) is 14.6 Å². The van der Waals surface area contributed by atoms with Crippen molar-refractivity contribution >= 4 is 42.6 Å². The summed E-state index contributed by atoms with van der Waals surface area (Å²) in [5.41, 5.74) is 3.66. The van der Waals surface area contributed by atoms with Crippen LogP contribution in [0.4, 0.5) is 5.13 Å². The molecule has 0 spiro atoms. The molecule has 5 rings (SSSR count). The predicted molar refractivity (Wildman–Crippen MR) is 158 cm³/mol. The molecule has 0 radical (unpaired) electrons. The summed E-state index contributed by atoms with van der Waals surface area (Å²) in [7, 11) is -2.12. The van der Waals surface area contributed by atoms with E-state index in [0.29, 0.717) is 30.4 Å². The van der Waals surface area contributed by atoms with E-state index in [1.807, 2.05) is 0 Å². The van der Waals surface area contributed by atoms with E-state index in [4.69, 9.17) is 14.5 Å². The number of sulfonamides is 1. The van der Waals surface area contributed by atoms with Gasteiger partial charge in [0.05, 0.1) is 34.4 Å². The van der Waals surface area contributed by atoms with Crippen LogP contribution in [0.2, 0.25) is 0 Å². The highest BCUT2D eigenvalue weighted by atomic mass is 32.2. The average Bonchev–Trinajstić information content (AvgIpc) is 3.61. The number of carbonyl (C=O) groups is 1. The highest BCUT2D eigenvalue weighted by Crippen LogP contribution is 2.32. The summed E-state index contributed by atoms with van der Waals surface area (Å²) >= 11 is 1.51. The molecule has 216 valence electrons. The largest absolute Gasteiger partial charge is 0.379 e. The number of hydrogen-bond donors (Lipinski definition) is 0. The fourth-order valence-corrected chi connectivity index (χ4v) is 7.40. The molecule has 2 aliphatic heterocycles. The second-order valence-electron chi connectivity index (χ2n) is 10.6. The van der Waals surface area contributed by atoms with Crippen LogP contribution in [0.1, 0.15) is 40.7 Å². The molecule has 40 heavy (non-hydrogen) atoms. The number of aryl methyl sites for hydroxylation is 2. The third-order valence-corrected chi connectivity index (χ3v) is 10.6. The number of likely N-dealkylation sites (N-methyl/N-ethyl adjacent to an activating group) is 1. The minimum absolute atomic E-state index is 0.0759. The van der Waals surface area contributed by atoms with E-state index in [9.17, 15) is 13.2 Å². The van der Waals surface area contributed by atoms with Crippen molar-refractivity contribution in [3.05, 3.63) is 53.1 Å². The zero-order chi connectivity index (χ0) is 28.3. The number of nitrogens with zero attached hydrogens (tertiary/aromatic N) is 4. The Morgan fingerprint density at radius 3 is 2.52 bits per heavy atom. The van der Waals surface area contributed by atoms with Crippen molar-refractivity contribution in [2.75, 3.05) is 64.5 Å². The molecule has 0 bridgehead atoms. The van der Waals surface area contributed by atoms with Crippen LogP contribution < -0.4 is 4.90 Å². The van der Waals surface area contributed by atoms with Gasteiger partial charge in [0, 0.05) is 51.9 Å². The van der Waals surface area contributed by atoms with Gasteiger partial charge in [-0.2, -0.15) is 4.31 Å². The van der Waals surface area contributed by atoms with Crippen LogP contribution in [0.25, 0.3) is 10.2 Å². The first-order chi connectivity index (χ1) is 19.2. The molecule has 1 atom stereocenters. The van der Waals surface area contributed by atoms with Crippen molar-refractivity contribution in [2.24, 2.45) is 0 Å². The first-order valence-corrected chi connectivity index (χ1v) is 16.2. The Morgan fingerprint density at radius 1 is 1.10 bits per heavy atom. The van der Waals surface area contributed by atoms with Crippen molar-refractivity contribution in [1.82, 2.24) is 14.2 Å².